The second-order valence-corrected chi connectivity index (χ2v) is 7.82. The van der Waals surface area contributed by atoms with Crippen LogP contribution in [-0.2, 0) is 9.53 Å². The smallest absolute Gasteiger partial charge is 0.246 e. The lowest BCUT2D eigenvalue weighted by atomic mass is 10.2. The number of carbonyl (C=O) groups excluding carboxylic acids is 1. The van der Waals surface area contributed by atoms with Crippen LogP contribution in [0.2, 0.25) is 5.02 Å². The predicted octanol–water partition coefficient (Wildman–Crippen LogP) is 4.02. The van der Waals surface area contributed by atoms with Gasteiger partial charge in [0.25, 0.3) is 0 Å². The summed E-state index contributed by atoms with van der Waals surface area (Å²) in [4.78, 5) is 23.0. The molecule has 1 saturated heterocycles. The summed E-state index contributed by atoms with van der Waals surface area (Å²) in [5.41, 5.74) is 1.03. The van der Waals surface area contributed by atoms with Gasteiger partial charge in [-0.15, -0.1) is 0 Å². The first-order valence-corrected chi connectivity index (χ1v) is 10.2. The summed E-state index contributed by atoms with van der Waals surface area (Å²) in [7, 11) is 0. The van der Waals surface area contributed by atoms with Crippen molar-refractivity contribution in [3.8, 4) is 5.88 Å². The highest BCUT2D eigenvalue weighted by atomic mass is 35.5. The van der Waals surface area contributed by atoms with E-state index >= 15 is 0 Å². The number of benzene rings is 1. The number of aryl methyl sites for hydroxylation is 1. The Morgan fingerprint density at radius 2 is 2.23 bits per heavy atom. The quantitative estimate of drug-likeness (QED) is 0.644. The molecule has 0 saturated carbocycles. The van der Waals surface area contributed by atoms with Crippen LogP contribution in [0.1, 0.15) is 36.8 Å². The predicted molar refractivity (Wildman–Crippen MR) is 113 cm³/mol. The van der Waals surface area contributed by atoms with Crippen LogP contribution in [0.15, 0.2) is 30.3 Å². The molecular formula is C22H25ClFN3O3. The van der Waals surface area contributed by atoms with Crippen molar-refractivity contribution in [2.75, 3.05) is 26.3 Å². The Bertz CT molecular complexity index is 916. The largest absolute Gasteiger partial charge is 0.475 e. The van der Waals surface area contributed by atoms with Crippen molar-refractivity contribution < 1.29 is 18.7 Å². The van der Waals surface area contributed by atoms with Crippen LogP contribution in [0.5, 0.6) is 5.88 Å². The van der Waals surface area contributed by atoms with E-state index in [9.17, 15) is 9.18 Å². The van der Waals surface area contributed by atoms with Crippen molar-refractivity contribution in [3.63, 3.8) is 0 Å². The van der Waals surface area contributed by atoms with Crippen LogP contribution >= 0.6 is 11.6 Å². The normalized spacial score (nSPS) is 17.0. The van der Waals surface area contributed by atoms with Crippen molar-refractivity contribution in [2.24, 2.45) is 0 Å². The molecule has 0 radical (unpaired) electrons. The van der Waals surface area contributed by atoms with Gasteiger partial charge in [-0.1, -0.05) is 31.5 Å². The molecule has 8 heteroatoms. The number of carbonyl (C=O) groups is 1. The molecule has 0 N–H and O–H groups in total. The first kappa shape index (κ1) is 22.2. The van der Waals surface area contributed by atoms with Crippen molar-refractivity contribution in [3.05, 3.63) is 58.3 Å². The van der Waals surface area contributed by atoms with Gasteiger partial charge in [0.15, 0.2) is 0 Å². The maximum Gasteiger partial charge on any atom is 0.246 e. The molecule has 1 aliphatic rings. The molecule has 30 heavy (non-hydrogen) atoms. The van der Waals surface area contributed by atoms with Crippen LogP contribution in [-0.4, -0.2) is 53.2 Å². The van der Waals surface area contributed by atoms with E-state index in [0.717, 1.165) is 11.5 Å². The van der Waals surface area contributed by atoms with Gasteiger partial charge < -0.3 is 14.4 Å². The third-order valence-corrected chi connectivity index (χ3v) is 4.95. The summed E-state index contributed by atoms with van der Waals surface area (Å²) in [6.07, 6.45) is 2.44. The first-order chi connectivity index (χ1) is 14.3. The summed E-state index contributed by atoms with van der Waals surface area (Å²) < 4.78 is 25.4. The Morgan fingerprint density at radius 3 is 2.97 bits per heavy atom. The number of amides is 1. The van der Waals surface area contributed by atoms with Gasteiger partial charge in [0.2, 0.25) is 11.8 Å². The van der Waals surface area contributed by atoms with Crippen LogP contribution in [0, 0.1) is 12.7 Å². The Kier molecular flexibility index (Phi) is 7.39. The lowest BCUT2D eigenvalue weighted by Crippen LogP contribution is -2.47. The van der Waals surface area contributed by atoms with Crippen LogP contribution in [0.3, 0.4) is 0 Å². The number of hydrogen-bond acceptors (Lipinski definition) is 5. The molecule has 1 fully saturated rings. The summed E-state index contributed by atoms with van der Waals surface area (Å²) >= 11 is 6.00. The maximum absolute atomic E-state index is 13.9. The fourth-order valence-corrected chi connectivity index (χ4v) is 3.25. The molecule has 1 aliphatic heterocycles. The molecule has 0 aliphatic carbocycles. The molecule has 2 aromatic rings. The molecule has 0 spiro atoms. The second-order valence-electron chi connectivity index (χ2n) is 7.42. The molecule has 1 atom stereocenters. The minimum atomic E-state index is -0.472. The zero-order valence-electron chi connectivity index (χ0n) is 17.3. The van der Waals surface area contributed by atoms with Gasteiger partial charge in [0.1, 0.15) is 24.4 Å². The molecule has 6 nitrogen and oxygen atoms in total. The van der Waals surface area contributed by atoms with Crippen molar-refractivity contribution in [2.45, 2.75) is 32.8 Å². The highest BCUT2D eigenvalue weighted by molar-refractivity contribution is 6.32. The van der Waals surface area contributed by atoms with E-state index in [4.69, 9.17) is 21.1 Å². The summed E-state index contributed by atoms with van der Waals surface area (Å²) in [6, 6.07) is 6.18. The number of halogens is 2. The third-order valence-electron chi connectivity index (χ3n) is 4.62. The van der Waals surface area contributed by atoms with E-state index < -0.39 is 5.82 Å². The molecule has 1 unspecified atom stereocenters. The highest BCUT2D eigenvalue weighted by Crippen LogP contribution is 2.21. The number of nitrogens with zero attached hydrogens (tertiary/aromatic N) is 3. The minimum Gasteiger partial charge on any atom is -0.475 e. The van der Waals surface area contributed by atoms with Crippen LogP contribution < -0.4 is 4.74 Å². The Labute approximate surface area is 180 Å². The molecule has 1 aromatic carbocycles. The highest BCUT2D eigenvalue weighted by Gasteiger charge is 2.24. The standard InChI is InChI=1S/C22H25ClFN3O3/c1-14(2)22-25-15(3)11-20(26-22)30-13-16-12-27(9-10-29-16)21(28)8-7-17-18(23)5-4-6-19(17)24/h4-8,11,14,16H,9-10,12-13H2,1-3H3. The molecule has 2 heterocycles. The lowest BCUT2D eigenvalue weighted by molar-refractivity contribution is -0.134. The van der Waals surface area contributed by atoms with Gasteiger partial charge in [-0.25, -0.2) is 9.37 Å². The molecule has 0 bridgehead atoms. The topological polar surface area (TPSA) is 64.5 Å². The fraction of sp³-hybridized carbons (Fsp3) is 0.409. The molecular weight excluding hydrogens is 409 g/mol. The van der Waals surface area contributed by atoms with Crippen molar-refractivity contribution in [1.82, 2.24) is 14.9 Å². The van der Waals surface area contributed by atoms with E-state index in [1.165, 1.54) is 24.3 Å². The van der Waals surface area contributed by atoms with Gasteiger partial charge in [0, 0.05) is 35.9 Å². The molecule has 1 amide bonds. The zero-order chi connectivity index (χ0) is 21.7. The Hall–Kier alpha value is -2.51. The second kappa shape index (κ2) is 10.00. The van der Waals surface area contributed by atoms with Gasteiger partial charge in [-0.2, -0.15) is 4.98 Å². The Balaban J connectivity index is 1.59. The van der Waals surface area contributed by atoms with Crippen molar-refractivity contribution in [1.29, 1.82) is 0 Å². The number of aromatic nitrogens is 2. The van der Waals surface area contributed by atoms with E-state index in [1.807, 2.05) is 20.8 Å². The van der Waals surface area contributed by atoms with Gasteiger partial charge >= 0.3 is 0 Å². The minimum absolute atomic E-state index is 0.195. The first-order valence-electron chi connectivity index (χ1n) is 9.84. The third kappa shape index (κ3) is 5.77. The molecule has 3 rings (SSSR count). The van der Waals surface area contributed by atoms with E-state index in [2.05, 4.69) is 9.97 Å². The van der Waals surface area contributed by atoms with Gasteiger partial charge in [0.05, 0.1) is 18.2 Å². The van der Waals surface area contributed by atoms with E-state index in [1.54, 1.807) is 17.0 Å². The summed E-state index contributed by atoms with van der Waals surface area (Å²) in [5.74, 6) is 0.708. The summed E-state index contributed by atoms with van der Waals surface area (Å²) in [6.45, 7) is 7.42. The fourth-order valence-electron chi connectivity index (χ4n) is 3.02. The number of hydrogen-bond donors (Lipinski definition) is 0. The SMILES string of the molecule is Cc1cc(OCC2CN(C(=O)C=Cc3c(F)cccc3Cl)CCO2)nc(C(C)C)n1. The maximum atomic E-state index is 13.9. The van der Waals surface area contributed by atoms with Crippen LogP contribution in [0.4, 0.5) is 4.39 Å². The average molecular weight is 434 g/mol. The Morgan fingerprint density at radius 1 is 1.43 bits per heavy atom. The number of ether oxygens (including phenoxy) is 2. The summed E-state index contributed by atoms with van der Waals surface area (Å²) in [5, 5.41) is 0.258. The van der Waals surface area contributed by atoms with Crippen molar-refractivity contribution >= 4 is 23.6 Å². The molecule has 1 aromatic heterocycles. The average Bonchev–Trinajstić information content (AvgIpc) is 2.71. The number of rotatable bonds is 6. The van der Waals surface area contributed by atoms with E-state index in [0.29, 0.717) is 25.6 Å². The molecule has 160 valence electrons. The van der Waals surface area contributed by atoms with Crippen LogP contribution in [0.25, 0.3) is 6.08 Å². The van der Waals surface area contributed by atoms with Gasteiger partial charge in [-0.05, 0) is 25.1 Å². The van der Waals surface area contributed by atoms with E-state index in [-0.39, 0.29) is 35.1 Å². The van der Waals surface area contributed by atoms with Gasteiger partial charge in [-0.3, -0.25) is 4.79 Å². The monoisotopic (exact) mass is 433 g/mol. The lowest BCUT2D eigenvalue weighted by Gasteiger charge is -2.32. The zero-order valence-corrected chi connectivity index (χ0v) is 18.0. The number of morpholine rings is 1.